The molecule has 1 atom stereocenters. The van der Waals surface area contributed by atoms with Gasteiger partial charge in [-0.15, -0.1) is 17.8 Å². The molecule has 3 aromatic rings. The predicted molar refractivity (Wildman–Crippen MR) is 158 cm³/mol. The number of aryl methyl sites for hydroxylation is 1. The first-order valence-electron chi connectivity index (χ1n) is 13.6. The molecule has 1 saturated heterocycles. The molecular weight excluding hydrogens is 544 g/mol. The van der Waals surface area contributed by atoms with Crippen molar-refractivity contribution in [3.63, 3.8) is 0 Å². The lowest BCUT2D eigenvalue weighted by molar-refractivity contribution is -0.104. The van der Waals surface area contributed by atoms with Crippen LogP contribution in [-0.4, -0.2) is 43.8 Å². The number of thiophene rings is 1. The van der Waals surface area contributed by atoms with E-state index in [9.17, 15) is 8.42 Å². The summed E-state index contributed by atoms with van der Waals surface area (Å²) in [4.78, 5) is 6.79. The molecule has 1 unspecified atom stereocenters. The lowest BCUT2D eigenvalue weighted by Crippen LogP contribution is -2.47. The van der Waals surface area contributed by atoms with Crippen LogP contribution in [0.4, 0.5) is 0 Å². The third-order valence-electron chi connectivity index (χ3n) is 7.89. The second-order valence-corrected chi connectivity index (χ2v) is 13.2. The van der Waals surface area contributed by atoms with Crippen molar-refractivity contribution in [2.24, 2.45) is 0 Å². The summed E-state index contributed by atoms with van der Waals surface area (Å²) in [6.45, 7) is 4.38. The van der Waals surface area contributed by atoms with Gasteiger partial charge in [0.1, 0.15) is 5.75 Å². The van der Waals surface area contributed by atoms with Crippen LogP contribution < -0.4 is 10.1 Å². The monoisotopic (exact) mass is 582 g/mol. The molecule has 1 saturated carbocycles. The summed E-state index contributed by atoms with van der Waals surface area (Å²) in [6, 6.07) is 14.3. The summed E-state index contributed by atoms with van der Waals surface area (Å²) < 4.78 is 41.4. The van der Waals surface area contributed by atoms with Gasteiger partial charge in [-0.3, -0.25) is 9.54 Å². The van der Waals surface area contributed by atoms with Gasteiger partial charge in [0, 0.05) is 36.5 Å². The van der Waals surface area contributed by atoms with Gasteiger partial charge in [0.25, 0.3) is 10.1 Å². The van der Waals surface area contributed by atoms with Crippen LogP contribution in [0.3, 0.4) is 0 Å². The molecule has 2 N–H and O–H groups in total. The fourth-order valence-electron chi connectivity index (χ4n) is 5.81. The Hall–Kier alpha value is -2.74. The number of nitrogens with one attached hydrogen (secondary N) is 1. The van der Waals surface area contributed by atoms with Gasteiger partial charge in [-0.05, 0) is 69.8 Å². The summed E-state index contributed by atoms with van der Waals surface area (Å²) in [6.07, 6.45) is 15.6. The van der Waals surface area contributed by atoms with Crippen LogP contribution in [0, 0.1) is 19.3 Å². The van der Waals surface area contributed by atoms with Crippen molar-refractivity contribution in [2.45, 2.75) is 74.3 Å². The molecule has 40 heavy (non-hydrogen) atoms. The minimum atomic E-state index is -4.02. The number of nitrogens with zero attached hydrogens (tertiary/aromatic N) is 1. The first-order valence-corrected chi connectivity index (χ1v) is 15.9. The maximum Gasteiger partial charge on any atom is 0.294 e. The molecule has 1 aliphatic carbocycles. The van der Waals surface area contributed by atoms with E-state index in [1.165, 1.54) is 43.5 Å². The number of rotatable bonds is 8. The highest BCUT2D eigenvalue weighted by Gasteiger charge is 2.48. The predicted octanol–water partition coefficient (Wildman–Crippen LogP) is 5.92. The van der Waals surface area contributed by atoms with E-state index in [-0.39, 0.29) is 15.9 Å². The Kier molecular flexibility index (Phi) is 10.0. The molecule has 7 nitrogen and oxygen atoms in total. The smallest absolute Gasteiger partial charge is 0.294 e. The van der Waals surface area contributed by atoms with Crippen molar-refractivity contribution < 1.29 is 22.4 Å². The standard InChI is InChI=1S/C24H30N2O2S.C7H8O3S/c1-3-19-16-20(27-2)21(29-19)17-25-14-11-23(22-8-4-7-13-26-22)12-15-28-24(18-23)9-5-6-10-24;1-6-2-4-7(5-3-6)11(8,9)10/h1,4,7-8,13,16,25H,5-6,9-12,14-15,17-18H2,2H3;2-5H,1H3,(H,8,9,10). The first-order chi connectivity index (χ1) is 19.2. The fraction of sp³-hybridized carbons (Fsp3) is 0.452. The Bertz CT molecular complexity index is 1390. The number of ether oxygens (including phenoxy) is 2. The Labute approximate surface area is 242 Å². The molecule has 0 radical (unpaired) electrons. The van der Waals surface area contributed by atoms with E-state index in [1.54, 1.807) is 30.6 Å². The SMILES string of the molecule is C#Cc1cc(OC)c(CNCCC2(c3ccccn3)CCOC3(CCCC3)C2)s1.Cc1ccc(S(=O)(=O)O)cc1. The van der Waals surface area contributed by atoms with Gasteiger partial charge in [0.05, 0.1) is 27.4 Å². The van der Waals surface area contributed by atoms with E-state index < -0.39 is 10.1 Å². The van der Waals surface area contributed by atoms with Gasteiger partial charge in [-0.25, -0.2) is 0 Å². The fourth-order valence-corrected chi connectivity index (χ4v) is 7.20. The van der Waals surface area contributed by atoms with Crippen LogP contribution in [0.5, 0.6) is 5.75 Å². The number of hydrogen-bond donors (Lipinski definition) is 2. The largest absolute Gasteiger partial charge is 0.495 e. The summed E-state index contributed by atoms with van der Waals surface area (Å²) in [5.74, 6) is 3.59. The number of methoxy groups -OCH3 is 1. The molecule has 5 rings (SSSR count). The van der Waals surface area contributed by atoms with Gasteiger partial charge in [-0.1, -0.05) is 42.5 Å². The molecule has 2 aromatic heterocycles. The van der Waals surface area contributed by atoms with Crippen molar-refractivity contribution in [3.05, 3.63) is 75.7 Å². The molecule has 9 heteroatoms. The summed E-state index contributed by atoms with van der Waals surface area (Å²) in [5, 5.41) is 3.63. The van der Waals surface area contributed by atoms with Crippen molar-refractivity contribution >= 4 is 21.5 Å². The number of terminal acetylenes is 1. The van der Waals surface area contributed by atoms with Crippen molar-refractivity contribution in [3.8, 4) is 18.1 Å². The molecule has 3 heterocycles. The van der Waals surface area contributed by atoms with E-state index in [0.717, 1.165) is 60.0 Å². The average Bonchev–Trinajstić information content (AvgIpc) is 3.58. The number of pyridine rings is 1. The van der Waals surface area contributed by atoms with E-state index in [4.69, 9.17) is 25.4 Å². The molecule has 2 aliphatic rings. The van der Waals surface area contributed by atoms with Crippen LogP contribution in [0.15, 0.2) is 59.6 Å². The molecule has 2 fully saturated rings. The zero-order valence-electron chi connectivity index (χ0n) is 23.2. The van der Waals surface area contributed by atoms with E-state index in [2.05, 4.69) is 23.4 Å². The van der Waals surface area contributed by atoms with Crippen molar-refractivity contribution in [1.82, 2.24) is 10.3 Å². The summed E-state index contributed by atoms with van der Waals surface area (Å²) >= 11 is 1.62. The Morgan fingerprint density at radius 3 is 2.55 bits per heavy atom. The van der Waals surface area contributed by atoms with Gasteiger partial charge < -0.3 is 14.8 Å². The number of hydrogen-bond acceptors (Lipinski definition) is 7. The van der Waals surface area contributed by atoms with Crippen LogP contribution in [0.2, 0.25) is 0 Å². The summed E-state index contributed by atoms with van der Waals surface area (Å²) in [5.41, 5.74) is 2.33. The van der Waals surface area contributed by atoms with Crippen LogP contribution in [0.25, 0.3) is 0 Å². The minimum absolute atomic E-state index is 0.0639. The quantitative estimate of drug-likeness (QED) is 0.193. The average molecular weight is 583 g/mol. The van der Waals surface area contributed by atoms with Crippen molar-refractivity contribution in [2.75, 3.05) is 20.3 Å². The maximum absolute atomic E-state index is 10.5. The topological polar surface area (TPSA) is 97.8 Å². The molecule has 0 bridgehead atoms. The maximum atomic E-state index is 10.5. The van der Waals surface area contributed by atoms with Crippen molar-refractivity contribution in [1.29, 1.82) is 0 Å². The van der Waals surface area contributed by atoms with Crippen LogP contribution in [-0.2, 0) is 26.8 Å². The van der Waals surface area contributed by atoms with Crippen LogP contribution >= 0.6 is 11.3 Å². The van der Waals surface area contributed by atoms with E-state index >= 15 is 0 Å². The molecule has 214 valence electrons. The van der Waals surface area contributed by atoms with Crippen LogP contribution in [0.1, 0.15) is 66.0 Å². The first kappa shape index (κ1) is 30.2. The van der Waals surface area contributed by atoms with Gasteiger partial charge in [0.2, 0.25) is 0 Å². The lowest BCUT2D eigenvalue weighted by atomic mass is 9.68. The number of aromatic nitrogens is 1. The zero-order chi connectivity index (χ0) is 28.6. The highest BCUT2D eigenvalue weighted by Crippen LogP contribution is 2.49. The Morgan fingerprint density at radius 2 is 1.93 bits per heavy atom. The highest BCUT2D eigenvalue weighted by molar-refractivity contribution is 7.85. The van der Waals surface area contributed by atoms with Gasteiger partial charge in [-0.2, -0.15) is 8.42 Å². The third kappa shape index (κ3) is 7.50. The number of benzene rings is 1. The molecule has 0 amide bonds. The molecule has 1 aromatic carbocycles. The molecule has 1 aliphatic heterocycles. The zero-order valence-corrected chi connectivity index (χ0v) is 24.8. The summed E-state index contributed by atoms with van der Waals surface area (Å²) in [7, 11) is -2.32. The van der Waals surface area contributed by atoms with Gasteiger partial charge >= 0.3 is 0 Å². The highest BCUT2D eigenvalue weighted by atomic mass is 32.2. The normalized spacial score (nSPS) is 19.9. The third-order valence-corrected chi connectivity index (χ3v) is 9.80. The molecule has 1 spiro atoms. The Morgan fingerprint density at radius 1 is 1.18 bits per heavy atom. The Balaban J connectivity index is 0.000000283. The minimum Gasteiger partial charge on any atom is -0.495 e. The second-order valence-electron chi connectivity index (χ2n) is 10.6. The second kappa shape index (κ2) is 13.3. The van der Waals surface area contributed by atoms with E-state index in [0.29, 0.717) is 0 Å². The van der Waals surface area contributed by atoms with E-state index in [1.807, 2.05) is 25.3 Å². The molecular formula is C31H38N2O5S2. The van der Waals surface area contributed by atoms with Gasteiger partial charge in [0.15, 0.2) is 0 Å². The lowest BCUT2D eigenvalue weighted by Gasteiger charge is -2.46.